The normalized spacial score (nSPS) is 11.2. The summed E-state index contributed by atoms with van der Waals surface area (Å²) in [6, 6.07) is 16.4. The average Bonchev–Trinajstić information content (AvgIpc) is 3.23. The van der Waals surface area contributed by atoms with Crippen LogP contribution in [-0.2, 0) is 6.54 Å². The zero-order valence-corrected chi connectivity index (χ0v) is 15.6. The molecule has 5 heteroatoms. The minimum atomic E-state index is 0.791. The van der Waals surface area contributed by atoms with Crippen molar-refractivity contribution in [3.63, 3.8) is 0 Å². The fourth-order valence-corrected chi connectivity index (χ4v) is 3.49. The molecule has 2 heterocycles. The van der Waals surface area contributed by atoms with E-state index in [1.165, 1.54) is 5.56 Å². The van der Waals surface area contributed by atoms with Gasteiger partial charge in [0.15, 0.2) is 0 Å². The monoisotopic (exact) mass is 396 g/mol. The number of ether oxygens (including phenoxy) is 1. The number of nitrogens with zero attached hydrogens (tertiary/aromatic N) is 2. The Hall–Kier alpha value is -2.53. The number of hydrogen-bond acceptors (Lipinski definition) is 3. The first-order valence-corrected chi connectivity index (χ1v) is 8.78. The van der Waals surface area contributed by atoms with Crippen molar-refractivity contribution in [3.05, 3.63) is 70.5 Å². The zero-order valence-electron chi connectivity index (χ0n) is 14.0. The molecule has 4 aromatic rings. The van der Waals surface area contributed by atoms with Gasteiger partial charge in [-0.05, 0) is 42.8 Å². The van der Waals surface area contributed by atoms with E-state index in [4.69, 9.17) is 9.26 Å². The molecule has 0 aliphatic heterocycles. The minimum Gasteiger partial charge on any atom is -0.497 e. The highest BCUT2D eigenvalue weighted by atomic mass is 79.9. The second-order valence-corrected chi connectivity index (χ2v) is 6.86. The Morgan fingerprint density at radius 3 is 2.60 bits per heavy atom. The molecule has 0 radical (unpaired) electrons. The second kappa shape index (κ2) is 6.41. The first-order valence-electron chi connectivity index (χ1n) is 7.99. The number of methoxy groups -OCH3 is 1. The fourth-order valence-electron chi connectivity index (χ4n) is 3.23. The van der Waals surface area contributed by atoms with Crippen LogP contribution in [-0.4, -0.2) is 16.8 Å². The van der Waals surface area contributed by atoms with Crippen molar-refractivity contribution < 1.29 is 9.26 Å². The largest absolute Gasteiger partial charge is 0.497 e. The molecule has 4 nitrogen and oxygen atoms in total. The smallest absolute Gasteiger partial charge is 0.124 e. The predicted octanol–water partition coefficient (Wildman–Crippen LogP) is 5.42. The summed E-state index contributed by atoms with van der Waals surface area (Å²) in [7, 11) is 1.68. The second-order valence-electron chi connectivity index (χ2n) is 5.94. The van der Waals surface area contributed by atoms with Crippen molar-refractivity contribution in [2.75, 3.05) is 7.11 Å². The van der Waals surface area contributed by atoms with Crippen molar-refractivity contribution in [1.82, 2.24) is 9.72 Å². The van der Waals surface area contributed by atoms with E-state index in [2.05, 4.69) is 69.0 Å². The topological polar surface area (TPSA) is 40.2 Å². The van der Waals surface area contributed by atoms with E-state index < -0.39 is 0 Å². The van der Waals surface area contributed by atoms with Crippen LogP contribution in [0.2, 0.25) is 0 Å². The Kier molecular flexibility index (Phi) is 4.09. The molecule has 0 saturated carbocycles. The maximum Gasteiger partial charge on any atom is 0.124 e. The van der Waals surface area contributed by atoms with Crippen LogP contribution >= 0.6 is 15.9 Å². The van der Waals surface area contributed by atoms with Crippen LogP contribution in [0.5, 0.6) is 5.75 Å². The van der Waals surface area contributed by atoms with Gasteiger partial charge in [-0.25, -0.2) is 0 Å². The number of rotatable bonds is 4. The highest BCUT2D eigenvalue weighted by Gasteiger charge is 2.18. The number of halogens is 1. The van der Waals surface area contributed by atoms with Gasteiger partial charge in [0.2, 0.25) is 0 Å². The Morgan fingerprint density at radius 2 is 1.92 bits per heavy atom. The van der Waals surface area contributed by atoms with E-state index in [0.717, 1.165) is 44.6 Å². The molecule has 2 aromatic carbocycles. The molecule has 2 aromatic heterocycles. The Bertz CT molecular complexity index is 1020. The van der Waals surface area contributed by atoms with E-state index in [-0.39, 0.29) is 0 Å². The van der Waals surface area contributed by atoms with E-state index in [1.807, 2.05) is 12.1 Å². The van der Waals surface area contributed by atoms with Gasteiger partial charge in [-0.15, -0.1) is 0 Å². The summed E-state index contributed by atoms with van der Waals surface area (Å²) in [6.07, 6.45) is 1.60. The Labute approximate surface area is 154 Å². The number of fused-ring (bicyclic) bond motifs is 1. The van der Waals surface area contributed by atoms with Crippen molar-refractivity contribution >= 4 is 26.8 Å². The molecular formula is C20H17BrN2O2. The third-order valence-electron chi connectivity index (χ3n) is 4.48. The molecule has 25 heavy (non-hydrogen) atoms. The minimum absolute atomic E-state index is 0.791. The lowest BCUT2D eigenvalue weighted by Gasteiger charge is -2.09. The van der Waals surface area contributed by atoms with E-state index >= 15 is 0 Å². The molecule has 0 fully saturated rings. The summed E-state index contributed by atoms with van der Waals surface area (Å²) >= 11 is 3.49. The van der Waals surface area contributed by atoms with Crippen molar-refractivity contribution in [1.29, 1.82) is 0 Å². The Morgan fingerprint density at radius 1 is 1.12 bits per heavy atom. The first kappa shape index (κ1) is 16.0. The summed E-state index contributed by atoms with van der Waals surface area (Å²) in [6.45, 7) is 2.91. The van der Waals surface area contributed by atoms with Gasteiger partial charge in [0.1, 0.15) is 17.7 Å². The standard InChI is InChI=1S/C20H17BrN2O2/c1-13-20(18-9-10-25-22-18)17-11-16(24-2)7-8-19(17)23(13)12-14-3-5-15(21)6-4-14/h3-11H,12H2,1-2H3. The summed E-state index contributed by atoms with van der Waals surface area (Å²) in [4.78, 5) is 0. The number of aromatic nitrogens is 2. The van der Waals surface area contributed by atoms with E-state index in [9.17, 15) is 0 Å². The molecule has 0 saturated heterocycles. The maximum atomic E-state index is 5.42. The van der Waals surface area contributed by atoms with Gasteiger partial charge in [0.25, 0.3) is 0 Å². The Balaban J connectivity index is 1.92. The number of benzene rings is 2. The third kappa shape index (κ3) is 2.85. The quantitative estimate of drug-likeness (QED) is 0.462. The summed E-state index contributed by atoms with van der Waals surface area (Å²) in [5.41, 5.74) is 5.47. The fraction of sp³-hybridized carbons (Fsp3) is 0.150. The molecule has 0 aliphatic rings. The average molecular weight is 397 g/mol. The van der Waals surface area contributed by atoms with Crippen LogP contribution < -0.4 is 4.74 Å². The van der Waals surface area contributed by atoms with Crippen molar-refractivity contribution in [3.8, 4) is 17.0 Å². The van der Waals surface area contributed by atoms with Gasteiger partial charge in [0, 0.05) is 39.2 Å². The highest BCUT2D eigenvalue weighted by molar-refractivity contribution is 9.10. The molecule has 0 aliphatic carbocycles. The van der Waals surface area contributed by atoms with Crippen LogP contribution in [0.15, 0.2) is 63.8 Å². The van der Waals surface area contributed by atoms with Crippen LogP contribution in [0.1, 0.15) is 11.3 Å². The lowest BCUT2D eigenvalue weighted by molar-refractivity contribution is 0.415. The SMILES string of the molecule is COc1ccc2c(c1)c(-c1ccon1)c(C)n2Cc1ccc(Br)cc1. The van der Waals surface area contributed by atoms with Gasteiger partial charge in [-0.1, -0.05) is 33.2 Å². The molecule has 0 unspecified atom stereocenters. The molecule has 0 amide bonds. The van der Waals surface area contributed by atoms with Crippen LogP contribution in [0.3, 0.4) is 0 Å². The third-order valence-corrected chi connectivity index (χ3v) is 5.01. The van der Waals surface area contributed by atoms with Gasteiger partial charge in [-0.2, -0.15) is 0 Å². The summed E-state index contributed by atoms with van der Waals surface area (Å²) < 4.78 is 13.9. The van der Waals surface area contributed by atoms with Crippen LogP contribution in [0.4, 0.5) is 0 Å². The molecule has 0 N–H and O–H groups in total. The van der Waals surface area contributed by atoms with Gasteiger partial charge in [0.05, 0.1) is 7.11 Å². The summed E-state index contributed by atoms with van der Waals surface area (Å²) in [5.74, 6) is 0.832. The van der Waals surface area contributed by atoms with Crippen LogP contribution in [0.25, 0.3) is 22.2 Å². The van der Waals surface area contributed by atoms with E-state index in [0.29, 0.717) is 0 Å². The van der Waals surface area contributed by atoms with Gasteiger partial charge >= 0.3 is 0 Å². The van der Waals surface area contributed by atoms with Crippen molar-refractivity contribution in [2.45, 2.75) is 13.5 Å². The van der Waals surface area contributed by atoms with Crippen LogP contribution in [0, 0.1) is 6.92 Å². The van der Waals surface area contributed by atoms with Gasteiger partial charge < -0.3 is 13.8 Å². The molecule has 4 rings (SSSR count). The summed E-state index contributed by atoms with van der Waals surface area (Å²) in [5, 5.41) is 5.26. The van der Waals surface area contributed by atoms with Crippen molar-refractivity contribution in [2.24, 2.45) is 0 Å². The lowest BCUT2D eigenvalue weighted by atomic mass is 10.1. The predicted molar refractivity (Wildman–Crippen MR) is 102 cm³/mol. The van der Waals surface area contributed by atoms with Gasteiger partial charge in [-0.3, -0.25) is 0 Å². The molecular weight excluding hydrogens is 380 g/mol. The maximum absolute atomic E-state index is 5.42. The zero-order chi connectivity index (χ0) is 17.4. The molecule has 0 spiro atoms. The van der Waals surface area contributed by atoms with E-state index in [1.54, 1.807) is 13.4 Å². The molecule has 126 valence electrons. The molecule has 0 atom stereocenters. The molecule has 0 bridgehead atoms. The highest BCUT2D eigenvalue weighted by Crippen LogP contribution is 2.36. The number of hydrogen-bond donors (Lipinski definition) is 0. The first-order chi connectivity index (χ1) is 12.2. The lowest BCUT2D eigenvalue weighted by Crippen LogP contribution is -2.01.